The minimum absolute atomic E-state index is 0.00532. The van der Waals surface area contributed by atoms with E-state index in [1.54, 1.807) is 54.7 Å². The van der Waals surface area contributed by atoms with Gasteiger partial charge >= 0.3 is 5.97 Å². The first-order valence-corrected chi connectivity index (χ1v) is 23.3. The normalized spacial score (nSPS) is 14.0. The molecule has 0 fully saturated rings. The van der Waals surface area contributed by atoms with E-state index >= 15 is 0 Å². The van der Waals surface area contributed by atoms with Crippen molar-refractivity contribution < 1.29 is 48.0 Å². The van der Waals surface area contributed by atoms with Gasteiger partial charge in [-0.15, -0.1) is 0 Å². The summed E-state index contributed by atoms with van der Waals surface area (Å²) < 4.78 is 8.57. The predicted octanol–water partition coefficient (Wildman–Crippen LogP) is 2.75. The van der Waals surface area contributed by atoms with Gasteiger partial charge in [0.1, 0.15) is 53.9 Å². The Labute approximate surface area is 384 Å². The Morgan fingerprint density at radius 1 is 0.672 bits per heavy atom. The van der Waals surface area contributed by atoms with Crippen LogP contribution in [0.1, 0.15) is 123 Å². The number of carbonyl (C=O) groups excluding carboxylic acids is 7. The van der Waals surface area contributed by atoms with E-state index < -0.39 is 77.7 Å². The van der Waals surface area contributed by atoms with Gasteiger partial charge in [0.15, 0.2) is 0 Å². The second kappa shape index (κ2) is 29.3. The zero-order valence-corrected chi connectivity index (χ0v) is 40.1. The van der Waals surface area contributed by atoms with Crippen molar-refractivity contribution in [3.05, 3.63) is 48.0 Å². The molecule has 17 nitrogen and oxygen atoms in total. The number of thiol groups is 1. The van der Waals surface area contributed by atoms with Gasteiger partial charge in [-0.05, 0) is 43.9 Å². The quantitative estimate of drug-likeness (QED) is 0.0249. The molecule has 2 aromatic rings. The number of amides is 6. The van der Waals surface area contributed by atoms with Gasteiger partial charge in [0.25, 0.3) is 0 Å². The highest BCUT2D eigenvalue weighted by molar-refractivity contribution is 7.80. The molecule has 1 heterocycles. The number of esters is 1. The van der Waals surface area contributed by atoms with Gasteiger partial charge in [0.05, 0.1) is 21.2 Å². The van der Waals surface area contributed by atoms with E-state index in [1.165, 1.54) is 78.0 Å². The number of ether oxygens (including phenoxy) is 1. The summed E-state index contributed by atoms with van der Waals surface area (Å²) in [5.41, 5.74) is 1.32. The summed E-state index contributed by atoms with van der Waals surface area (Å²) in [6.07, 6.45) is 16.7. The molecule has 0 bridgehead atoms. The molecule has 0 aliphatic carbocycles. The molecule has 64 heavy (non-hydrogen) atoms. The smallest absolute Gasteiger partial charge is 0.328 e. The molecule has 0 radical (unpaired) electrons. The van der Waals surface area contributed by atoms with E-state index in [9.17, 15) is 38.7 Å². The zero-order valence-electron chi connectivity index (χ0n) is 39.2. The zero-order chi connectivity index (χ0) is 47.8. The maximum Gasteiger partial charge on any atom is 0.328 e. The molecule has 6 amide bonds. The largest absolute Gasteiger partial charge is 0.508 e. The van der Waals surface area contributed by atoms with Crippen LogP contribution in [0.3, 0.4) is 0 Å². The third-order valence-electron chi connectivity index (χ3n) is 11.0. The van der Waals surface area contributed by atoms with Crippen LogP contribution in [0.25, 0.3) is 0 Å². The van der Waals surface area contributed by atoms with Gasteiger partial charge in [0, 0.05) is 25.0 Å². The number of rotatable bonds is 30. The summed E-state index contributed by atoms with van der Waals surface area (Å²) in [7, 11) is 4.82. The Morgan fingerprint density at radius 3 is 1.70 bits per heavy atom. The average molecular weight is 916 g/mol. The third kappa shape index (κ3) is 20.1. The molecule has 358 valence electrons. The highest BCUT2D eigenvalue weighted by Crippen LogP contribution is 2.14. The van der Waals surface area contributed by atoms with E-state index in [2.05, 4.69) is 51.5 Å². The molecule has 6 atom stereocenters. The van der Waals surface area contributed by atoms with Crippen LogP contribution in [0.15, 0.2) is 36.8 Å². The maximum atomic E-state index is 13.8. The van der Waals surface area contributed by atoms with Crippen molar-refractivity contribution in [2.24, 2.45) is 20.0 Å². The van der Waals surface area contributed by atoms with Gasteiger partial charge in [-0.25, -0.2) is 13.9 Å². The first kappa shape index (κ1) is 55.0. The van der Waals surface area contributed by atoms with Crippen LogP contribution < -0.4 is 36.5 Å². The number of hydrogen-bond acceptors (Lipinski definition) is 10. The van der Waals surface area contributed by atoms with Crippen LogP contribution in [0.5, 0.6) is 5.75 Å². The number of unbranched alkanes of at least 4 members (excludes halogenated alkanes) is 10. The van der Waals surface area contributed by atoms with Crippen molar-refractivity contribution in [1.29, 1.82) is 0 Å². The lowest BCUT2D eigenvalue weighted by molar-refractivity contribution is -0.671. The topological polar surface area (TPSA) is 230 Å². The summed E-state index contributed by atoms with van der Waals surface area (Å²) in [6, 6.07) is -0.659. The molecule has 0 saturated heterocycles. The molecule has 1 aromatic carbocycles. The van der Waals surface area contributed by atoms with Crippen LogP contribution >= 0.6 is 12.6 Å². The molecule has 0 spiro atoms. The second-order valence-corrected chi connectivity index (χ2v) is 17.4. The monoisotopic (exact) mass is 916 g/mol. The number of phenolic OH excluding ortho intramolecular Hbond substituents is 1. The summed E-state index contributed by atoms with van der Waals surface area (Å²) in [5.74, 6) is -4.77. The van der Waals surface area contributed by atoms with Gasteiger partial charge in [0.2, 0.25) is 41.8 Å². The van der Waals surface area contributed by atoms with Crippen molar-refractivity contribution in [3.8, 4) is 5.75 Å². The highest BCUT2D eigenvalue weighted by atomic mass is 32.1. The van der Waals surface area contributed by atoms with Crippen LogP contribution in [-0.4, -0.2) is 100 Å². The lowest BCUT2D eigenvalue weighted by atomic mass is 10.0. The molecule has 0 saturated carbocycles. The lowest BCUT2D eigenvalue weighted by Crippen LogP contribution is -2.60. The Balaban J connectivity index is 1.99. The van der Waals surface area contributed by atoms with Crippen LogP contribution in [0, 0.1) is 5.92 Å². The van der Waals surface area contributed by atoms with E-state index in [0.717, 1.165) is 25.0 Å². The number of aromatic nitrogens is 2. The number of methoxy groups -OCH3 is 1. The van der Waals surface area contributed by atoms with Crippen molar-refractivity contribution >= 4 is 54.0 Å². The Morgan fingerprint density at radius 2 is 1.19 bits per heavy atom. The van der Waals surface area contributed by atoms with Gasteiger partial charge in [-0.2, -0.15) is 12.6 Å². The molecule has 7 N–H and O–H groups in total. The fourth-order valence-corrected chi connectivity index (χ4v) is 7.32. The highest BCUT2D eigenvalue weighted by Gasteiger charge is 2.33. The molecular formula is C46H75N8O9S+. The number of phenols is 1. The fourth-order valence-electron chi connectivity index (χ4n) is 7.07. The first-order valence-electron chi connectivity index (χ1n) is 22.7. The summed E-state index contributed by atoms with van der Waals surface area (Å²) >= 11 is 4.24. The molecule has 1 aromatic heterocycles. The first-order chi connectivity index (χ1) is 30.4. The molecule has 0 unspecified atom stereocenters. The SMILES string of the molecule is CCCCCCCCCCCCCC(=O)N[C@@H](CS)C(=O)N[C@@H](C)C(=O)N[C@H](C(=O)N[C@@H](C)C(=O)N[C@@H](Cc1ccc(O)cc1)C(=O)N[C@@H](Cc1c[n+](C)cn1C)C(=O)OC)C(C)C. The maximum absolute atomic E-state index is 13.8. The van der Waals surface area contributed by atoms with Crippen molar-refractivity contribution in [3.63, 3.8) is 0 Å². The van der Waals surface area contributed by atoms with Crippen molar-refractivity contribution in [2.45, 2.75) is 161 Å². The van der Waals surface area contributed by atoms with E-state index in [-0.39, 0.29) is 36.7 Å². The third-order valence-corrected chi connectivity index (χ3v) is 11.3. The molecule has 0 aliphatic rings. The Bertz CT molecular complexity index is 1810. The number of imidazole rings is 1. The van der Waals surface area contributed by atoms with Crippen LogP contribution in [0.2, 0.25) is 0 Å². The summed E-state index contributed by atoms with van der Waals surface area (Å²) in [4.78, 5) is 92.8. The molecule has 2 rings (SSSR count). The van der Waals surface area contributed by atoms with Crippen molar-refractivity contribution in [2.75, 3.05) is 12.9 Å². The summed E-state index contributed by atoms with van der Waals surface area (Å²) in [5, 5.41) is 25.7. The molecule has 18 heteroatoms. The van der Waals surface area contributed by atoms with Gasteiger partial charge < -0.3 is 41.7 Å². The number of nitrogens with zero attached hydrogens (tertiary/aromatic N) is 2. The van der Waals surface area contributed by atoms with Gasteiger partial charge in [-0.3, -0.25) is 28.8 Å². The fraction of sp³-hybridized carbons (Fsp3) is 0.652. The lowest BCUT2D eigenvalue weighted by Gasteiger charge is -2.27. The number of hydrogen-bond donors (Lipinski definition) is 8. The number of nitrogens with one attached hydrogen (secondary N) is 6. The Kier molecular flexibility index (Phi) is 25.2. The number of carbonyl (C=O) groups is 7. The predicted molar refractivity (Wildman–Crippen MR) is 247 cm³/mol. The van der Waals surface area contributed by atoms with Crippen molar-refractivity contribution in [1.82, 2.24) is 36.5 Å². The standard InChI is InChI=1S/C46H74N8O9S/c1-9-10-11-12-13-14-15-16-17-18-19-20-39(56)49-38(28-64)44(60)47-32(5)42(58)52-40(30(2)3)45(61)48-31(4)41(57)50-36(25-33-21-23-35(55)24-22-33)43(59)51-37(46(62)63-8)26-34-27-53(6)29-54(34)7/h21-24,27,29-32,36-38,40H,9-20,25-26,28H2,1-8H3,(H7-,47,48,49,50,51,52,55,56,57,58,59,60,61,64)/p+1/t31-,32-,36-,37-,38-,40-/m0/s1. The Hall–Kier alpha value is -5.13. The second-order valence-electron chi connectivity index (χ2n) is 17.0. The molecular weight excluding hydrogens is 841 g/mol. The minimum atomic E-state index is -1.23. The van der Waals surface area contributed by atoms with E-state index in [1.807, 2.05) is 7.05 Å². The minimum Gasteiger partial charge on any atom is -0.508 e. The van der Waals surface area contributed by atoms with Crippen LogP contribution in [0.4, 0.5) is 0 Å². The van der Waals surface area contributed by atoms with Gasteiger partial charge in [-0.1, -0.05) is 97.1 Å². The average Bonchev–Trinajstić information content (AvgIpc) is 3.58. The van der Waals surface area contributed by atoms with Crippen LogP contribution in [-0.2, 0) is 65.2 Å². The number of aromatic hydroxyl groups is 1. The summed E-state index contributed by atoms with van der Waals surface area (Å²) in [6.45, 7) is 8.48. The number of aryl methyl sites for hydroxylation is 2. The van der Waals surface area contributed by atoms with E-state index in [0.29, 0.717) is 12.0 Å². The van der Waals surface area contributed by atoms with E-state index in [4.69, 9.17) is 4.74 Å². The molecule has 0 aliphatic heterocycles. The number of benzene rings is 1.